The summed E-state index contributed by atoms with van der Waals surface area (Å²) in [5.74, 6) is 0.276. The third-order valence-electron chi connectivity index (χ3n) is 4.18. The van der Waals surface area contributed by atoms with Crippen molar-refractivity contribution in [3.05, 3.63) is 30.1 Å². The van der Waals surface area contributed by atoms with E-state index in [1.54, 1.807) is 6.07 Å². The average molecular weight is 250 g/mol. The second-order valence-electron chi connectivity index (χ2n) is 6.44. The smallest absolute Gasteiger partial charge is 0.125 e. The Morgan fingerprint density at radius 3 is 2.67 bits per heavy atom. The number of hydrogen-bond acceptors (Lipinski definition) is 2. The van der Waals surface area contributed by atoms with E-state index in [0.29, 0.717) is 17.9 Å². The summed E-state index contributed by atoms with van der Waals surface area (Å²) in [7, 11) is 0. The molecule has 0 heterocycles. The fraction of sp³-hybridized carbons (Fsp3) is 0.600. The van der Waals surface area contributed by atoms with Crippen LogP contribution in [0.25, 0.3) is 0 Å². The van der Waals surface area contributed by atoms with E-state index in [9.17, 15) is 4.39 Å². The SMILES string of the molecule is CC1CC(C)(C)CC1(CN)Nc1cccc(F)c1. The molecule has 3 N–H and O–H groups in total. The van der Waals surface area contributed by atoms with Crippen molar-refractivity contribution in [1.29, 1.82) is 0 Å². The Balaban J connectivity index is 2.24. The summed E-state index contributed by atoms with van der Waals surface area (Å²) in [4.78, 5) is 0. The van der Waals surface area contributed by atoms with Crippen LogP contribution in [0.3, 0.4) is 0 Å². The van der Waals surface area contributed by atoms with Crippen molar-refractivity contribution in [3.63, 3.8) is 0 Å². The molecule has 1 aliphatic carbocycles. The predicted octanol–water partition coefficient (Wildman–Crippen LogP) is 3.39. The summed E-state index contributed by atoms with van der Waals surface area (Å²) in [6.07, 6.45) is 2.17. The van der Waals surface area contributed by atoms with Crippen molar-refractivity contribution in [3.8, 4) is 0 Å². The van der Waals surface area contributed by atoms with Gasteiger partial charge in [-0.2, -0.15) is 0 Å². The number of hydrogen-bond donors (Lipinski definition) is 2. The minimum Gasteiger partial charge on any atom is -0.378 e. The molecule has 0 spiro atoms. The van der Waals surface area contributed by atoms with Crippen LogP contribution in [0, 0.1) is 17.2 Å². The van der Waals surface area contributed by atoms with Crippen molar-refractivity contribution in [2.45, 2.75) is 39.2 Å². The molecular weight excluding hydrogens is 227 g/mol. The zero-order valence-corrected chi connectivity index (χ0v) is 11.5. The van der Waals surface area contributed by atoms with Crippen LogP contribution in [-0.2, 0) is 0 Å². The molecule has 1 saturated carbocycles. The Bertz CT molecular complexity index is 430. The summed E-state index contributed by atoms with van der Waals surface area (Å²) in [5.41, 5.74) is 7.01. The summed E-state index contributed by atoms with van der Waals surface area (Å²) >= 11 is 0. The Hall–Kier alpha value is -1.09. The number of anilines is 1. The van der Waals surface area contributed by atoms with Crippen LogP contribution in [0.5, 0.6) is 0 Å². The summed E-state index contributed by atoms with van der Waals surface area (Å²) in [6, 6.07) is 6.63. The lowest BCUT2D eigenvalue weighted by Crippen LogP contribution is -2.48. The van der Waals surface area contributed by atoms with E-state index in [4.69, 9.17) is 5.73 Å². The van der Waals surface area contributed by atoms with Crippen LogP contribution in [0.4, 0.5) is 10.1 Å². The van der Waals surface area contributed by atoms with Gasteiger partial charge in [0, 0.05) is 12.2 Å². The van der Waals surface area contributed by atoms with Gasteiger partial charge < -0.3 is 11.1 Å². The molecule has 1 aromatic rings. The van der Waals surface area contributed by atoms with Gasteiger partial charge in [-0.1, -0.05) is 26.8 Å². The molecule has 2 atom stereocenters. The highest BCUT2D eigenvalue weighted by Crippen LogP contribution is 2.48. The van der Waals surface area contributed by atoms with Crippen LogP contribution in [0.2, 0.25) is 0 Å². The van der Waals surface area contributed by atoms with Crippen LogP contribution < -0.4 is 11.1 Å². The molecule has 1 fully saturated rings. The van der Waals surface area contributed by atoms with Gasteiger partial charge in [-0.05, 0) is 42.4 Å². The maximum atomic E-state index is 13.2. The lowest BCUT2D eigenvalue weighted by molar-refractivity contribution is 0.350. The van der Waals surface area contributed by atoms with Gasteiger partial charge >= 0.3 is 0 Å². The molecule has 0 radical (unpaired) electrons. The maximum Gasteiger partial charge on any atom is 0.125 e. The molecule has 1 aromatic carbocycles. The van der Waals surface area contributed by atoms with Crippen molar-refractivity contribution < 1.29 is 4.39 Å². The molecule has 0 aliphatic heterocycles. The van der Waals surface area contributed by atoms with Gasteiger partial charge in [0.2, 0.25) is 0 Å². The summed E-state index contributed by atoms with van der Waals surface area (Å²) in [5, 5.41) is 3.49. The first-order chi connectivity index (χ1) is 8.37. The van der Waals surface area contributed by atoms with Crippen molar-refractivity contribution in [2.24, 2.45) is 17.1 Å². The lowest BCUT2D eigenvalue weighted by Gasteiger charge is -2.35. The van der Waals surface area contributed by atoms with Gasteiger partial charge in [0.25, 0.3) is 0 Å². The number of halogens is 1. The largest absolute Gasteiger partial charge is 0.378 e. The van der Waals surface area contributed by atoms with Gasteiger partial charge in [0.1, 0.15) is 5.82 Å². The average Bonchev–Trinajstić information content (AvgIpc) is 2.49. The summed E-state index contributed by atoms with van der Waals surface area (Å²) in [6.45, 7) is 7.35. The third kappa shape index (κ3) is 2.51. The minimum atomic E-state index is -0.211. The normalized spacial score (nSPS) is 30.4. The van der Waals surface area contributed by atoms with E-state index in [1.807, 2.05) is 6.07 Å². The Morgan fingerprint density at radius 2 is 2.17 bits per heavy atom. The van der Waals surface area contributed by atoms with Crippen molar-refractivity contribution in [1.82, 2.24) is 0 Å². The monoisotopic (exact) mass is 250 g/mol. The lowest BCUT2D eigenvalue weighted by atomic mass is 9.86. The molecule has 3 heteroatoms. The Kier molecular flexibility index (Phi) is 3.37. The molecule has 100 valence electrons. The molecule has 2 unspecified atom stereocenters. The van der Waals surface area contributed by atoms with E-state index in [-0.39, 0.29) is 11.4 Å². The maximum absolute atomic E-state index is 13.2. The van der Waals surface area contributed by atoms with Gasteiger partial charge in [0.15, 0.2) is 0 Å². The number of benzene rings is 1. The molecule has 0 saturated heterocycles. The molecule has 0 bridgehead atoms. The van der Waals surface area contributed by atoms with E-state index in [2.05, 4.69) is 26.1 Å². The topological polar surface area (TPSA) is 38.0 Å². The minimum absolute atomic E-state index is 0.114. The van der Waals surface area contributed by atoms with E-state index < -0.39 is 0 Å². The van der Waals surface area contributed by atoms with Crippen LogP contribution in [0.1, 0.15) is 33.6 Å². The molecule has 2 rings (SSSR count). The van der Waals surface area contributed by atoms with Gasteiger partial charge in [0.05, 0.1) is 5.54 Å². The van der Waals surface area contributed by atoms with E-state index in [1.165, 1.54) is 12.1 Å². The Morgan fingerprint density at radius 1 is 1.44 bits per heavy atom. The van der Waals surface area contributed by atoms with E-state index in [0.717, 1.165) is 18.5 Å². The highest BCUT2D eigenvalue weighted by atomic mass is 19.1. The quantitative estimate of drug-likeness (QED) is 0.863. The second kappa shape index (κ2) is 4.54. The van der Waals surface area contributed by atoms with Crippen LogP contribution >= 0.6 is 0 Å². The first-order valence-electron chi connectivity index (χ1n) is 6.61. The standard InChI is InChI=1S/C15H23FN2/c1-11-8-14(2,3)9-15(11,10-17)18-13-6-4-5-12(16)7-13/h4-7,11,18H,8-10,17H2,1-3H3. The zero-order chi connectivity index (χ0) is 13.4. The first kappa shape index (κ1) is 13.3. The predicted molar refractivity (Wildman–Crippen MR) is 74.0 cm³/mol. The molecule has 2 nitrogen and oxygen atoms in total. The summed E-state index contributed by atoms with van der Waals surface area (Å²) < 4.78 is 13.2. The first-order valence-corrected chi connectivity index (χ1v) is 6.61. The number of nitrogens with one attached hydrogen (secondary N) is 1. The number of rotatable bonds is 3. The van der Waals surface area contributed by atoms with Gasteiger partial charge in [-0.3, -0.25) is 0 Å². The van der Waals surface area contributed by atoms with E-state index >= 15 is 0 Å². The highest BCUT2D eigenvalue weighted by molar-refractivity contribution is 5.46. The molecular formula is C15H23FN2. The third-order valence-corrected chi connectivity index (χ3v) is 4.18. The highest BCUT2D eigenvalue weighted by Gasteiger charge is 2.47. The van der Waals surface area contributed by atoms with Crippen molar-refractivity contribution in [2.75, 3.05) is 11.9 Å². The fourth-order valence-electron chi connectivity index (χ4n) is 3.47. The Labute approximate surface area is 109 Å². The molecule has 0 aromatic heterocycles. The zero-order valence-electron chi connectivity index (χ0n) is 11.5. The van der Waals surface area contributed by atoms with Crippen LogP contribution in [-0.4, -0.2) is 12.1 Å². The van der Waals surface area contributed by atoms with Gasteiger partial charge in [-0.15, -0.1) is 0 Å². The van der Waals surface area contributed by atoms with Crippen LogP contribution in [0.15, 0.2) is 24.3 Å². The molecule has 18 heavy (non-hydrogen) atoms. The second-order valence-corrected chi connectivity index (χ2v) is 6.44. The number of nitrogens with two attached hydrogens (primary N) is 1. The molecule has 0 amide bonds. The van der Waals surface area contributed by atoms with Crippen molar-refractivity contribution >= 4 is 5.69 Å². The fourth-order valence-corrected chi connectivity index (χ4v) is 3.47. The van der Waals surface area contributed by atoms with Gasteiger partial charge in [-0.25, -0.2) is 4.39 Å². The molecule has 1 aliphatic rings.